The Balaban J connectivity index is 3.44. The van der Waals surface area contributed by atoms with Crippen LogP contribution >= 0.6 is 15.9 Å². The van der Waals surface area contributed by atoms with Crippen LogP contribution in [0.5, 0.6) is 5.75 Å². The van der Waals surface area contributed by atoms with Crippen molar-refractivity contribution in [3.05, 3.63) is 27.2 Å². The van der Waals surface area contributed by atoms with E-state index in [9.17, 15) is 5.11 Å². The van der Waals surface area contributed by atoms with Gasteiger partial charge in [0.25, 0.3) is 0 Å². The van der Waals surface area contributed by atoms with Crippen molar-refractivity contribution in [3.63, 3.8) is 0 Å². The van der Waals surface area contributed by atoms with Crippen molar-refractivity contribution in [3.8, 4) is 5.75 Å². The van der Waals surface area contributed by atoms with Crippen molar-refractivity contribution in [2.24, 2.45) is 5.73 Å². The predicted octanol–water partition coefficient (Wildman–Crippen LogP) is 2.46. The summed E-state index contributed by atoms with van der Waals surface area (Å²) < 4.78 is 6.31. The minimum atomic E-state index is -0.717. The van der Waals surface area contributed by atoms with E-state index in [0.717, 1.165) is 21.2 Å². The van der Waals surface area contributed by atoms with Crippen LogP contribution in [0.15, 0.2) is 10.5 Å². The zero-order valence-corrected chi connectivity index (χ0v) is 11.6. The van der Waals surface area contributed by atoms with E-state index in [1.165, 1.54) is 0 Å². The van der Waals surface area contributed by atoms with Gasteiger partial charge in [-0.15, -0.1) is 0 Å². The summed E-state index contributed by atoms with van der Waals surface area (Å²) in [6.45, 7) is 5.66. The normalized spacial score (nSPS) is 14.7. The molecule has 0 fully saturated rings. The number of methoxy groups -OCH3 is 1. The molecule has 2 unspecified atom stereocenters. The second-order valence-electron chi connectivity index (χ2n) is 4.05. The summed E-state index contributed by atoms with van der Waals surface area (Å²) in [5, 5.41) is 10.1. The number of halogens is 1. The van der Waals surface area contributed by atoms with Crippen molar-refractivity contribution >= 4 is 15.9 Å². The molecule has 0 radical (unpaired) electrons. The monoisotopic (exact) mass is 287 g/mol. The molecule has 0 amide bonds. The van der Waals surface area contributed by atoms with Crippen LogP contribution in [-0.2, 0) is 0 Å². The maximum absolute atomic E-state index is 10.1. The van der Waals surface area contributed by atoms with Crippen LogP contribution in [0.2, 0.25) is 0 Å². The lowest BCUT2D eigenvalue weighted by molar-refractivity contribution is 0.148. The topological polar surface area (TPSA) is 55.5 Å². The zero-order valence-electron chi connectivity index (χ0n) is 10.0. The van der Waals surface area contributed by atoms with E-state index in [1.54, 1.807) is 14.0 Å². The largest absolute Gasteiger partial charge is 0.496 e. The molecular formula is C12H18BrNO2. The van der Waals surface area contributed by atoms with Gasteiger partial charge in [-0.05, 0) is 38.0 Å². The second kappa shape index (κ2) is 5.17. The Morgan fingerprint density at radius 2 is 2.00 bits per heavy atom. The molecule has 1 aromatic rings. The van der Waals surface area contributed by atoms with Crippen LogP contribution in [0.4, 0.5) is 0 Å². The third-order valence-corrected chi connectivity index (χ3v) is 3.53. The minimum absolute atomic E-state index is 0.332. The molecule has 4 heteroatoms. The van der Waals surface area contributed by atoms with Gasteiger partial charge in [0.15, 0.2) is 0 Å². The van der Waals surface area contributed by atoms with Gasteiger partial charge >= 0.3 is 0 Å². The van der Waals surface area contributed by atoms with Gasteiger partial charge in [0.05, 0.1) is 13.2 Å². The lowest BCUT2D eigenvalue weighted by Gasteiger charge is -2.22. The van der Waals surface area contributed by atoms with Crippen LogP contribution in [-0.4, -0.2) is 18.3 Å². The molecule has 90 valence electrons. The first kappa shape index (κ1) is 13.5. The number of hydrogen-bond acceptors (Lipinski definition) is 3. The predicted molar refractivity (Wildman–Crippen MR) is 68.8 cm³/mol. The fraction of sp³-hybridized carbons (Fsp3) is 0.500. The molecule has 0 saturated heterocycles. The standard InChI is InChI=1S/C12H18BrNO2/c1-6-5-9(13)7(2)10(12(6)16-4)11(15)8(3)14/h5,8,11,15H,14H2,1-4H3. The molecule has 0 aromatic heterocycles. The van der Waals surface area contributed by atoms with Gasteiger partial charge in [-0.2, -0.15) is 0 Å². The number of aryl methyl sites for hydroxylation is 1. The SMILES string of the molecule is COc1c(C)cc(Br)c(C)c1C(O)C(C)N. The zero-order chi connectivity index (χ0) is 12.5. The Morgan fingerprint density at radius 1 is 1.44 bits per heavy atom. The third-order valence-electron chi connectivity index (χ3n) is 2.71. The highest BCUT2D eigenvalue weighted by Crippen LogP contribution is 2.37. The summed E-state index contributed by atoms with van der Waals surface area (Å²) in [5.74, 6) is 0.713. The molecule has 16 heavy (non-hydrogen) atoms. The fourth-order valence-electron chi connectivity index (χ4n) is 1.77. The second-order valence-corrected chi connectivity index (χ2v) is 4.91. The first-order valence-corrected chi connectivity index (χ1v) is 5.96. The van der Waals surface area contributed by atoms with Crippen molar-refractivity contribution in [1.29, 1.82) is 0 Å². The third kappa shape index (κ3) is 2.39. The first-order valence-electron chi connectivity index (χ1n) is 5.17. The molecule has 0 saturated carbocycles. The van der Waals surface area contributed by atoms with Crippen LogP contribution in [0.3, 0.4) is 0 Å². The van der Waals surface area contributed by atoms with E-state index in [2.05, 4.69) is 15.9 Å². The number of nitrogens with two attached hydrogens (primary N) is 1. The molecule has 0 heterocycles. The quantitative estimate of drug-likeness (QED) is 0.898. The molecule has 0 spiro atoms. The van der Waals surface area contributed by atoms with Crippen molar-refractivity contribution in [1.82, 2.24) is 0 Å². The summed E-state index contributed by atoms with van der Waals surface area (Å²) in [7, 11) is 1.60. The molecule has 0 aliphatic rings. The van der Waals surface area contributed by atoms with Gasteiger partial charge in [-0.25, -0.2) is 0 Å². The number of ether oxygens (including phenoxy) is 1. The molecule has 1 rings (SSSR count). The van der Waals surface area contributed by atoms with Crippen LogP contribution in [0.1, 0.15) is 29.7 Å². The number of benzene rings is 1. The average Bonchev–Trinajstić information content (AvgIpc) is 2.21. The van der Waals surface area contributed by atoms with E-state index in [0.29, 0.717) is 5.75 Å². The summed E-state index contributed by atoms with van der Waals surface area (Å²) in [5.41, 5.74) is 8.45. The summed E-state index contributed by atoms with van der Waals surface area (Å²) in [6, 6.07) is 1.65. The molecule has 2 atom stereocenters. The molecule has 3 nitrogen and oxygen atoms in total. The van der Waals surface area contributed by atoms with Gasteiger partial charge in [-0.1, -0.05) is 15.9 Å². The number of aliphatic hydroxyl groups excluding tert-OH is 1. The number of aliphatic hydroxyl groups is 1. The highest BCUT2D eigenvalue weighted by atomic mass is 79.9. The highest BCUT2D eigenvalue weighted by Gasteiger charge is 2.22. The Labute approximate surface area is 105 Å². The van der Waals surface area contributed by atoms with E-state index < -0.39 is 6.10 Å². The maximum atomic E-state index is 10.1. The van der Waals surface area contributed by atoms with Crippen molar-refractivity contribution < 1.29 is 9.84 Å². The van der Waals surface area contributed by atoms with Gasteiger partial charge in [-0.3, -0.25) is 0 Å². The maximum Gasteiger partial charge on any atom is 0.127 e. The number of rotatable bonds is 3. The fourth-order valence-corrected chi connectivity index (χ4v) is 2.32. The van der Waals surface area contributed by atoms with Crippen molar-refractivity contribution in [2.75, 3.05) is 7.11 Å². The Kier molecular flexibility index (Phi) is 4.35. The molecular weight excluding hydrogens is 270 g/mol. The van der Waals surface area contributed by atoms with E-state index in [1.807, 2.05) is 19.9 Å². The van der Waals surface area contributed by atoms with Crippen LogP contribution in [0, 0.1) is 13.8 Å². The van der Waals surface area contributed by atoms with E-state index in [4.69, 9.17) is 10.5 Å². The molecule has 0 aliphatic carbocycles. The first-order chi connectivity index (χ1) is 7.40. The van der Waals surface area contributed by atoms with Gasteiger partial charge in [0.2, 0.25) is 0 Å². The van der Waals surface area contributed by atoms with Gasteiger partial charge in [0.1, 0.15) is 5.75 Å². The smallest absolute Gasteiger partial charge is 0.127 e. The van der Waals surface area contributed by atoms with Crippen LogP contribution in [0.25, 0.3) is 0 Å². The lowest BCUT2D eigenvalue weighted by atomic mass is 9.95. The van der Waals surface area contributed by atoms with Gasteiger partial charge in [0, 0.05) is 16.1 Å². The Morgan fingerprint density at radius 3 is 2.44 bits per heavy atom. The number of hydrogen-bond donors (Lipinski definition) is 2. The van der Waals surface area contributed by atoms with E-state index in [-0.39, 0.29) is 6.04 Å². The van der Waals surface area contributed by atoms with Crippen LogP contribution < -0.4 is 10.5 Å². The minimum Gasteiger partial charge on any atom is -0.496 e. The summed E-state index contributed by atoms with van der Waals surface area (Å²) >= 11 is 3.47. The molecule has 1 aromatic carbocycles. The van der Waals surface area contributed by atoms with Crippen molar-refractivity contribution in [2.45, 2.75) is 32.9 Å². The highest BCUT2D eigenvalue weighted by molar-refractivity contribution is 9.10. The Bertz CT molecular complexity index is 391. The summed E-state index contributed by atoms with van der Waals surface area (Å²) in [6.07, 6.45) is -0.717. The Hall–Kier alpha value is -0.580. The lowest BCUT2D eigenvalue weighted by Crippen LogP contribution is -2.25. The molecule has 0 aliphatic heterocycles. The average molecular weight is 288 g/mol. The molecule has 3 N–H and O–H groups in total. The molecule has 0 bridgehead atoms. The van der Waals surface area contributed by atoms with Gasteiger partial charge < -0.3 is 15.6 Å². The van der Waals surface area contributed by atoms with E-state index >= 15 is 0 Å². The summed E-state index contributed by atoms with van der Waals surface area (Å²) in [4.78, 5) is 0.